The molecule has 0 aliphatic rings. The van der Waals surface area contributed by atoms with Gasteiger partial charge < -0.3 is 9.68 Å². The predicted molar refractivity (Wildman–Crippen MR) is 40.0 cm³/mol. The highest BCUT2D eigenvalue weighted by atomic mass is 19.4. The smallest absolute Gasteiger partial charge is 0.537 e. The third kappa shape index (κ3) is 2.38. The quantitative estimate of drug-likeness (QED) is 0.591. The molecule has 1 radical (unpaired) electrons. The molecule has 0 amide bonds. The van der Waals surface area contributed by atoms with Gasteiger partial charge in [0.2, 0.25) is 0 Å². The molecule has 0 aliphatic carbocycles. The Morgan fingerprint density at radius 1 is 1.29 bits per heavy atom. The van der Waals surface area contributed by atoms with Gasteiger partial charge in [-0.3, -0.25) is 0 Å². The lowest BCUT2D eigenvalue weighted by Gasteiger charge is -2.08. The molecule has 7 heteroatoms. The maximum atomic E-state index is 12.8. The van der Waals surface area contributed by atoms with E-state index in [0.29, 0.717) is 12.1 Å². The van der Waals surface area contributed by atoms with E-state index in [1.165, 1.54) is 0 Å². The number of benzene rings is 1. The van der Waals surface area contributed by atoms with Gasteiger partial charge in [-0.2, -0.15) is 13.2 Å². The summed E-state index contributed by atoms with van der Waals surface area (Å²) in [6.07, 6.45) is -4.73. The van der Waals surface area contributed by atoms with E-state index in [0.717, 1.165) is 6.07 Å². The zero-order valence-electron chi connectivity index (χ0n) is 6.68. The summed E-state index contributed by atoms with van der Waals surface area (Å²) in [6.45, 7) is 0. The van der Waals surface area contributed by atoms with Crippen molar-refractivity contribution in [3.8, 4) is 5.75 Å². The van der Waals surface area contributed by atoms with Crippen molar-refractivity contribution in [2.75, 3.05) is 0 Å². The third-order valence-corrected chi connectivity index (χ3v) is 1.43. The van der Waals surface area contributed by atoms with E-state index < -0.39 is 17.6 Å². The molecule has 2 nitrogen and oxygen atoms in total. The molecule has 1 N–H and O–H groups in total. The van der Waals surface area contributed by atoms with Gasteiger partial charge >= 0.3 is 13.9 Å². The first kappa shape index (κ1) is 10.8. The molecular weight excluding hydrogens is 203 g/mol. The van der Waals surface area contributed by atoms with Crippen molar-refractivity contribution in [3.63, 3.8) is 0 Å². The first-order chi connectivity index (χ1) is 6.45. The normalized spacial score (nSPS) is 11.2. The molecule has 0 saturated carbocycles. The van der Waals surface area contributed by atoms with E-state index in [9.17, 15) is 17.6 Å². The van der Waals surface area contributed by atoms with Crippen molar-refractivity contribution in [3.05, 3.63) is 29.6 Å². The van der Waals surface area contributed by atoms with Crippen LogP contribution in [0, 0.1) is 5.82 Å². The van der Waals surface area contributed by atoms with Gasteiger partial charge in [-0.1, -0.05) is 0 Å². The molecule has 14 heavy (non-hydrogen) atoms. The van der Waals surface area contributed by atoms with Crippen LogP contribution in [0.2, 0.25) is 0 Å². The predicted octanol–water partition coefficient (Wildman–Crippen LogP) is 1.75. The number of halogens is 4. The molecule has 0 aromatic heterocycles. The fourth-order valence-electron chi connectivity index (χ4n) is 0.860. The molecule has 1 aromatic rings. The molecule has 0 bridgehead atoms. The minimum Gasteiger partial charge on any atom is -0.537 e. The average molecular weight is 207 g/mol. The molecule has 0 aliphatic heterocycles. The maximum Gasteiger partial charge on any atom is 0.569 e. The summed E-state index contributed by atoms with van der Waals surface area (Å²) in [5.41, 5.74) is -1.37. The number of hydrogen-bond acceptors (Lipinski definition) is 2. The largest absolute Gasteiger partial charge is 0.569 e. The van der Waals surface area contributed by atoms with Crippen LogP contribution in [0.4, 0.5) is 17.6 Å². The lowest BCUT2D eigenvalue weighted by molar-refractivity contribution is -0.140. The Balaban J connectivity index is 3.02. The average Bonchev–Trinajstić information content (AvgIpc) is 2.02. The van der Waals surface area contributed by atoms with Crippen LogP contribution in [0.25, 0.3) is 0 Å². The van der Waals surface area contributed by atoms with Crippen LogP contribution in [0.15, 0.2) is 18.2 Å². The van der Waals surface area contributed by atoms with E-state index >= 15 is 0 Å². The molecule has 0 fully saturated rings. The monoisotopic (exact) mass is 207 g/mol. The van der Waals surface area contributed by atoms with E-state index in [2.05, 4.69) is 4.65 Å². The SMILES string of the molecule is O[B]Oc1ccc(C(F)(F)F)c(F)c1. The minimum absolute atomic E-state index is 0.210. The van der Waals surface area contributed by atoms with Crippen molar-refractivity contribution in [1.29, 1.82) is 0 Å². The van der Waals surface area contributed by atoms with Crippen molar-refractivity contribution in [2.24, 2.45) is 0 Å². The summed E-state index contributed by atoms with van der Waals surface area (Å²) in [7, 11) is 0.252. The van der Waals surface area contributed by atoms with Crippen LogP contribution >= 0.6 is 0 Å². The van der Waals surface area contributed by atoms with Crippen LogP contribution in [-0.2, 0) is 6.18 Å². The van der Waals surface area contributed by atoms with Gasteiger partial charge in [0.15, 0.2) is 0 Å². The van der Waals surface area contributed by atoms with Crippen molar-refractivity contribution >= 4 is 7.69 Å². The maximum absolute atomic E-state index is 12.8. The molecule has 1 rings (SSSR count). The summed E-state index contributed by atoms with van der Waals surface area (Å²) >= 11 is 0. The van der Waals surface area contributed by atoms with Crippen LogP contribution in [0.3, 0.4) is 0 Å². The van der Waals surface area contributed by atoms with E-state index in [4.69, 9.17) is 5.02 Å². The van der Waals surface area contributed by atoms with Gasteiger partial charge in [-0.25, -0.2) is 4.39 Å². The standard InChI is InChI=1S/C7H4BF4O2/c9-6-3-4(14-8-13)1-2-5(6)7(10,11)12/h1-3,13H. The van der Waals surface area contributed by atoms with Gasteiger partial charge in [-0.05, 0) is 12.1 Å². The lowest BCUT2D eigenvalue weighted by atomic mass is 10.2. The first-order valence-corrected chi connectivity index (χ1v) is 3.44. The van der Waals surface area contributed by atoms with Gasteiger partial charge in [0.25, 0.3) is 0 Å². The summed E-state index contributed by atoms with van der Waals surface area (Å²) in [5, 5.41) is 8.15. The van der Waals surface area contributed by atoms with Gasteiger partial charge in [0, 0.05) is 6.07 Å². The molecule has 1 aromatic carbocycles. The Hall–Kier alpha value is -1.24. The van der Waals surface area contributed by atoms with Crippen LogP contribution in [0.1, 0.15) is 5.56 Å². The Labute approximate surface area is 77.4 Å². The van der Waals surface area contributed by atoms with Gasteiger partial charge in [0.05, 0.1) is 5.56 Å². The fraction of sp³-hybridized carbons (Fsp3) is 0.143. The molecule has 75 valence electrons. The van der Waals surface area contributed by atoms with E-state index in [1.54, 1.807) is 0 Å². The summed E-state index contributed by atoms with van der Waals surface area (Å²) in [5.74, 6) is -1.66. The molecule has 0 heterocycles. The molecule has 0 atom stereocenters. The Bertz CT molecular complexity index is 326. The molecular formula is C7H4BF4O2. The summed E-state index contributed by atoms with van der Waals surface area (Å²) in [4.78, 5) is 0. The van der Waals surface area contributed by atoms with Gasteiger partial charge in [0.1, 0.15) is 11.6 Å². The third-order valence-electron chi connectivity index (χ3n) is 1.43. The Morgan fingerprint density at radius 3 is 2.36 bits per heavy atom. The zero-order valence-corrected chi connectivity index (χ0v) is 6.68. The van der Waals surface area contributed by atoms with Crippen LogP contribution in [-0.4, -0.2) is 12.7 Å². The first-order valence-electron chi connectivity index (χ1n) is 3.44. The second-order valence-corrected chi connectivity index (χ2v) is 2.36. The second kappa shape index (κ2) is 3.87. The Morgan fingerprint density at radius 2 is 1.93 bits per heavy atom. The number of rotatable bonds is 2. The zero-order chi connectivity index (χ0) is 10.8. The van der Waals surface area contributed by atoms with Crippen LogP contribution < -0.4 is 4.65 Å². The molecule has 0 spiro atoms. The fourth-order valence-corrected chi connectivity index (χ4v) is 0.860. The Kier molecular flexibility index (Phi) is 3.00. The molecule has 0 saturated heterocycles. The van der Waals surface area contributed by atoms with E-state index in [1.807, 2.05) is 0 Å². The highest BCUT2D eigenvalue weighted by Crippen LogP contribution is 2.32. The lowest BCUT2D eigenvalue weighted by Crippen LogP contribution is -2.08. The highest BCUT2D eigenvalue weighted by molar-refractivity contribution is 6.17. The minimum atomic E-state index is -4.73. The van der Waals surface area contributed by atoms with Crippen LogP contribution in [0.5, 0.6) is 5.75 Å². The summed E-state index contributed by atoms with van der Waals surface area (Å²) < 4.78 is 53.1. The second-order valence-electron chi connectivity index (χ2n) is 2.36. The van der Waals surface area contributed by atoms with Crippen molar-refractivity contribution < 1.29 is 27.2 Å². The number of hydrogen-bond donors (Lipinski definition) is 1. The van der Waals surface area contributed by atoms with E-state index in [-0.39, 0.29) is 13.4 Å². The summed E-state index contributed by atoms with van der Waals surface area (Å²) in [6, 6.07) is 1.97. The topological polar surface area (TPSA) is 29.5 Å². The number of alkyl halides is 3. The molecule has 0 unspecified atom stereocenters. The highest BCUT2D eigenvalue weighted by Gasteiger charge is 2.33. The van der Waals surface area contributed by atoms with Crippen molar-refractivity contribution in [1.82, 2.24) is 0 Å². The van der Waals surface area contributed by atoms with Crippen molar-refractivity contribution in [2.45, 2.75) is 6.18 Å². The van der Waals surface area contributed by atoms with Gasteiger partial charge in [-0.15, -0.1) is 0 Å².